The smallest absolute Gasteiger partial charge is 0.240 e. The SMILES string of the molecule is Cc1ccn(-c2ccc(NCCNS(=O)(=O)c3ccc4ccccc4c3)nn2)n1. The van der Waals surface area contributed by atoms with E-state index in [0.717, 1.165) is 16.5 Å². The fourth-order valence-electron chi connectivity index (χ4n) is 2.88. The predicted molar refractivity (Wildman–Crippen MR) is 112 cm³/mol. The monoisotopic (exact) mass is 408 g/mol. The number of nitrogens with one attached hydrogen (secondary N) is 2. The number of rotatable bonds is 7. The summed E-state index contributed by atoms with van der Waals surface area (Å²) in [6.07, 6.45) is 1.81. The van der Waals surface area contributed by atoms with E-state index in [-0.39, 0.29) is 11.4 Å². The van der Waals surface area contributed by atoms with Crippen LogP contribution in [0.4, 0.5) is 5.82 Å². The zero-order valence-corrected chi connectivity index (χ0v) is 16.6. The number of nitrogens with zero attached hydrogens (tertiary/aromatic N) is 4. The first kappa shape index (κ1) is 19.0. The Morgan fingerprint density at radius 1 is 0.931 bits per heavy atom. The first-order valence-electron chi connectivity index (χ1n) is 9.10. The Balaban J connectivity index is 1.33. The first-order chi connectivity index (χ1) is 14.0. The lowest BCUT2D eigenvalue weighted by atomic mass is 10.1. The van der Waals surface area contributed by atoms with Crippen LogP contribution in [0, 0.1) is 6.92 Å². The lowest BCUT2D eigenvalue weighted by Gasteiger charge is -2.09. The molecule has 0 spiro atoms. The van der Waals surface area contributed by atoms with Gasteiger partial charge in [0.1, 0.15) is 5.82 Å². The molecule has 29 heavy (non-hydrogen) atoms. The van der Waals surface area contributed by atoms with Crippen molar-refractivity contribution in [1.82, 2.24) is 24.7 Å². The van der Waals surface area contributed by atoms with Crippen molar-refractivity contribution in [2.75, 3.05) is 18.4 Å². The van der Waals surface area contributed by atoms with Gasteiger partial charge < -0.3 is 5.32 Å². The minimum Gasteiger partial charge on any atom is -0.367 e. The second-order valence-corrected chi connectivity index (χ2v) is 8.28. The fraction of sp³-hybridized carbons (Fsp3) is 0.150. The Hall–Kier alpha value is -3.30. The molecular formula is C20H20N6O2S. The highest BCUT2D eigenvalue weighted by molar-refractivity contribution is 7.89. The summed E-state index contributed by atoms with van der Waals surface area (Å²) in [5.41, 5.74) is 0.896. The van der Waals surface area contributed by atoms with Gasteiger partial charge in [-0.25, -0.2) is 17.8 Å². The third-order valence-corrected chi connectivity index (χ3v) is 5.82. The van der Waals surface area contributed by atoms with Crippen LogP contribution in [0.1, 0.15) is 5.69 Å². The van der Waals surface area contributed by atoms with E-state index in [1.165, 1.54) is 0 Å². The van der Waals surface area contributed by atoms with Gasteiger partial charge in [-0.3, -0.25) is 0 Å². The van der Waals surface area contributed by atoms with E-state index in [4.69, 9.17) is 0 Å². The average molecular weight is 408 g/mol. The summed E-state index contributed by atoms with van der Waals surface area (Å²) in [7, 11) is -3.58. The molecule has 148 valence electrons. The van der Waals surface area contributed by atoms with Gasteiger partial charge in [-0.15, -0.1) is 10.2 Å². The molecule has 2 aromatic carbocycles. The van der Waals surface area contributed by atoms with Gasteiger partial charge >= 0.3 is 0 Å². The van der Waals surface area contributed by atoms with Crippen LogP contribution in [0.5, 0.6) is 0 Å². The van der Waals surface area contributed by atoms with Gasteiger partial charge in [0.2, 0.25) is 10.0 Å². The van der Waals surface area contributed by atoms with Crippen LogP contribution < -0.4 is 10.0 Å². The number of benzene rings is 2. The van der Waals surface area contributed by atoms with Crippen molar-refractivity contribution >= 4 is 26.6 Å². The largest absolute Gasteiger partial charge is 0.367 e. The molecule has 8 nitrogen and oxygen atoms in total. The molecule has 4 rings (SSSR count). The average Bonchev–Trinajstić information content (AvgIpc) is 3.17. The molecule has 0 atom stereocenters. The number of hydrogen-bond donors (Lipinski definition) is 2. The normalized spacial score (nSPS) is 11.6. The minimum absolute atomic E-state index is 0.219. The van der Waals surface area contributed by atoms with E-state index in [2.05, 4.69) is 25.3 Å². The summed E-state index contributed by atoms with van der Waals surface area (Å²) in [5, 5.41) is 17.4. The molecule has 2 heterocycles. The van der Waals surface area contributed by atoms with Gasteiger partial charge in [-0.2, -0.15) is 5.10 Å². The molecule has 2 N–H and O–H groups in total. The minimum atomic E-state index is -3.58. The lowest BCUT2D eigenvalue weighted by Crippen LogP contribution is -2.29. The van der Waals surface area contributed by atoms with Crippen molar-refractivity contribution in [2.45, 2.75) is 11.8 Å². The van der Waals surface area contributed by atoms with E-state index >= 15 is 0 Å². The van der Waals surface area contributed by atoms with Crippen LogP contribution in [0.2, 0.25) is 0 Å². The maximum atomic E-state index is 12.5. The standard InChI is InChI=1S/C20H20N6O2S/c1-15-10-13-26(25-15)20-9-8-19(23-24-20)21-11-12-22-29(27,28)18-7-6-16-4-2-3-5-17(16)14-18/h2-10,13-14,22H,11-12H2,1H3,(H,21,23). The van der Waals surface area contributed by atoms with Crippen LogP contribution in [0.3, 0.4) is 0 Å². The highest BCUT2D eigenvalue weighted by atomic mass is 32.2. The molecule has 9 heteroatoms. The summed E-state index contributed by atoms with van der Waals surface area (Å²) in [4.78, 5) is 0.245. The Morgan fingerprint density at radius 2 is 1.76 bits per heavy atom. The number of anilines is 1. The summed E-state index contributed by atoms with van der Waals surface area (Å²) in [6.45, 7) is 2.50. The van der Waals surface area contributed by atoms with Crippen molar-refractivity contribution < 1.29 is 8.42 Å². The summed E-state index contributed by atoms with van der Waals surface area (Å²) in [5.74, 6) is 1.17. The van der Waals surface area contributed by atoms with Crippen molar-refractivity contribution in [3.8, 4) is 5.82 Å². The van der Waals surface area contributed by atoms with Gasteiger partial charge in [-0.05, 0) is 48.0 Å². The Bertz CT molecular complexity index is 1240. The van der Waals surface area contributed by atoms with Crippen molar-refractivity contribution in [2.24, 2.45) is 0 Å². The predicted octanol–water partition coefficient (Wildman–Crippen LogP) is 2.51. The maximum Gasteiger partial charge on any atom is 0.240 e. The summed E-state index contributed by atoms with van der Waals surface area (Å²) >= 11 is 0. The van der Waals surface area contributed by atoms with Gasteiger partial charge in [0.05, 0.1) is 10.6 Å². The van der Waals surface area contributed by atoms with E-state index in [1.54, 1.807) is 35.0 Å². The zero-order valence-electron chi connectivity index (χ0n) is 15.8. The van der Waals surface area contributed by atoms with Crippen molar-refractivity contribution in [3.05, 3.63) is 72.6 Å². The molecule has 0 bridgehead atoms. The summed E-state index contributed by atoms with van der Waals surface area (Å²) in [6, 6.07) is 18.2. The molecule has 0 aliphatic heterocycles. The highest BCUT2D eigenvalue weighted by Gasteiger charge is 2.13. The van der Waals surface area contributed by atoms with Crippen LogP contribution in [0.25, 0.3) is 16.6 Å². The van der Waals surface area contributed by atoms with Crippen LogP contribution in [-0.4, -0.2) is 41.5 Å². The molecule has 0 saturated carbocycles. The number of aromatic nitrogens is 4. The summed E-state index contributed by atoms with van der Waals surface area (Å²) < 4.78 is 29.3. The molecule has 0 aliphatic carbocycles. The third-order valence-electron chi connectivity index (χ3n) is 4.36. The number of fused-ring (bicyclic) bond motifs is 1. The number of sulfonamides is 1. The molecule has 0 fully saturated rings. The van der Waals surface area contributed by atoms with E-state index < -0.39 is 10.0 Å². The molecule has 0 saturated heterocycles. The van der Waals surface area contributed by atoms with Gasteiger partial charge in [-0.1, -0.05) is 30.3 Å². The Morgan fingerprint density at radius 3 is 2.48 bits per heavy atom. The molecule has 0 radical (unpaired) electrons. The third kappa shape index (κ3) is 4.41. The van der Waals surface area contributed by atoms with Crippen molar-refractivity contribution in [3.63, 3.8) is 0 Å². The Kier molecular flexibility index (Phi) is 5.24. The quantitative estimate of drug-likeness (QED) is 0.456. The van der Waals surface area contributed by atoms with E-state index in [1.807, 2.05) is 43.5 Å². The maximum absolute atomic E-state index is 12.5. The molecule has 0 aliphatic rings. The van der Waals surface area contributed by atoms with Gasteiger partial charge in [0, 0.05) is 19.3 Å². The molecular weight excluding hydrogens is 388 g/mol. The molecule has 4 aromatic rings. The molecule has 2 aromatic heterocycles. The van der Waals surface area contributed by atoms with Gasteiger partial charge in [0.25, 0.3) is 0 Å². The lowest BCUT2D eigenvalue weighted by molar-refractivity contribution is 0.583. The second-order valence-electron chi connectivity index (χ2n) is 6.51. The highest BCUT2D eigenvalue weighted by Crippen LogP contribution is 2.18. The topological polar surface area (TPSA) is 102 Å². The zero-order chi connectivity index (χ0) is 20.3. The first-order valence-corrected chi connectivity index (χ1v) is 10.6. The molecule has 0 amide bonds. The second kappa shape index (κ2) is 7.98. The van der Waals surface area contributed by atoms with Crippen LogP contribution in [-0.2, 0) is 10.0 Å². The number of hydrogen-bond acceptors (Lipinski definition) is 6. The van der Waals surface area contributed by atoms with E-state index in [9.17, 15) is 8.42 Å². The van der Waals surface area contributed by atoms with Crippen LogP contribution >= 0.6 is 0 Å². The van der Waals surface area contributed by atoms with E-state index in [0.29, 0.717) is 18.2 Å². The van der Waals surface area contributed by atoms with Gasteiger partial charge in [0.15, 0.2) is 5.82 Å². The number of aryl methyl sites for hydroxylation is 1. The Labute approximate surface area is 168 Å². The van der Waals surface area contributed by atoms with Crippen LogP contribution in [0.15, 0.2) is 71.8 Å². The fourth-order valence-corrected chi connectivity index (χ4v) is 3.94. The van der Waals surface area contributed by atoms with Crippen molar-refractivity contribution in [1.29, 1.82) is 0 Å². The molecule has 0 unspecified atom stereocenters.